The number of pyridine rings is 1. The molecular weight excluding hydrogens is 390 g/mol. The Balaban J connectivity index is 1.42. The highest BCUT2D eigenvalue weighted by molar-refractivity contribution is 5.73. The van der Waals surface area contributed by atoms with Crippen LogP contribution in [0.2, 0.25) is 0 Å². The molecule has 2 aromatic rings. The van der Waals surface area contributed by atoms with Crippen molar-refractivity contribution >= 4 is 5.91 Å². The second-order valence-corrected chi connectivity index (χ2v) is 8.76. The Morgan fingerprint density at radius 1 is 1.06 bits per heavy atom. The van der Waals surface area contributed by atoms with Gasteiger partial charge in [-0.25, -0.2) is 4.98 Å². The first kappa shape index (κ1) is 21.6. The van der Waals surface area contributed by atoms with E-state index in [4.69, 9.17) is 9.47 Å². The number of nitrogens with zero attached hydrogens (tertiary/aromatic N) is 3. The summed E-state index contributed by atoms with van der Waals surface area (Å²) in [7, 11) is 1.66. The van der Waals surface area contributed by atoms with Gasteiger partial charge < -0.3 is 14.4 Å². The molecule has 31 heavy (non-hydrogen) atoms. The molecule has 0 radical (unpaired) electrons. The fourth-order valence-corrected chi connectivity index (χ4v) is 5.08. The van der Waals surface area contributed by atoms with Crippen LogP contribution < -0.4 is 9.47 Å². The first-order valence-corrected chi connectivity index (χ1v) is 11.3. The van der Waals surface area contributed by atoms with Gasteiger partial charge in [-0.05, 0) is 42.9 Å². The van der Waals surface area contributed by atoms with E-state index in [9.17, 15) is 4.79 Å². The Morgan fingerprint density at radius 2 is 1.84 bits per heavy atom. The van der Waals surface area contributed by atoms with E-state index in [2.05, 4.69) is 16.0 Å². The first-order valence-electron chi connectivity index (χ1n) is 11.3. The number of amides is 1. The number of carbonyl (C=O) groups excluding carboxylic acids is 1. The third-order valence-corrected chi connectivity index (χ3v) is 6.74. The highest BCUT2D eigenvalue weighted by Crippen LogP contribution is 2.36. The molecule has 4 rings (SSSR count). The van der Waals surface area contributed by atoms with E-state index in [0.717, 1.165) is 63.6 Å². The number of benzene rings is 1. The predicted molar refractivity (Wildman–Crippen MR) is 120 cm³/mol. The van der Waals surface area contributed by atoms with Crippen molar-refractivity contribution in [1.82, 2.24) is 14.8 Å². The third-order valence-electron chi connectivity index (χ3n) is 6.74. The molecule has 2 aliphatic rings. The van der Waals surface area contributed by atoms with E-state index >= 15 is 0 Å². The maximum Gasteiger partial charge on any atom is 0.219 e. The van der Waals surface area contributed by atoms with Crippen molar-refractivity contribution in [2.24, 2.45) is 17.8 Å². The van der Waals surface area contributed by atoms with Crippen molar-refractivity contribution in [2.45, 2.75) is 26.3 Å². The number of carbonyl (C=O) groups is 1. The van der Waals surface area contributed by atoms with Crippen molar-refractivity contribution in [2.75, 3.05) is 39.9 Å². The van der Waals surface area contributed by atoms with E-state index in [-0.39, 0.29) is 5.91 Å². The number of likely N-dealkylation sites (tertiary alicyclic amines) is 2. The van der Waals surface area contributed by atoms with Gasteiger partial charge in [-0.2, -0.15) is 0 Å². The molecule has 2 atom stereocenters. The van der Waals surface area contributed by atoms with Crippen LogP contribution in [0.5, 0.6) is 11.6 Å². The molecule has 6 nitrogen and oxygen atoms in total. The van der Waals surface area contributed by atoms with Gasteiger partial charge in [0.05, 0.1) is 19.4 Å². The topological polar surface area (TPSA) is 54.9 Å². The van der Waals surface area contributed by atoms with Crippen molar-refractivity contribution in [3.63, 3.8) is 0 Å². The fourth-order valence-electron chi connectivity index (χ4n) is 5.08. The second kappa shape index (κ2) is 10.1. The molecule has 0 bridgehead atoms. The summed E-state index contributed by atoms with van der Waals surface area (Å²) >= 11 is 0. The van der Waals surface area contributed by atoms with Gasteiger partial charge in [0, 0.05) is 51.6 Å². The molecule has 0 N–H and O–H groups in total. The van der Waals surface area contributed by atoms with Gasteiger partial charge in [-0.1, -0.05) is 24.3 Å². The lowest BCUT2D eigenvalue weighted by atomic mass is 9.78. The molecular formula is C25H33N3O3. The molecule has 0 spiro atoms. The quantitative estimate of drug-likeness (QED) is 0.683. The van der Waals surface area contributed by atoms with Crippen LogP contribution in [0.4, 0.5) is 0 Å². The standard InChI is InChI=1S/C25H33N3O3/c1-19(29)28-13-11-20(12-14-28)24-17-27(16-22-7-6-10-25(26-22)30-2)15-21(24)18-31-23-8-4-3-5-9-23/h3-10,20-21,24H,11-18H2,1-2H3. The molecule has 1 amide bonds. The highest BCUT2D eigenvalue weighted by atomic mass is 16.5. The maximum absolute atomic E-state index is 11.7. The lowest BCUT2D eigenvalue weighted by molar-refractivity contribution is -0.130. The average Bonchev–Trinajstić information content (AvgIpc) is 3.21. The predicted octanol–water partition coefficient (Wildman–Crippen LogP) is 3.48. The van der Waals surface area contributed by atoms with E-state index < -0.39 is 0 Å². The molecule has 166 valence electrons. The number of ether oxygens (including phenoxy) is 2. The Morgan fingerprint density at radius 3 is 2.55 bits per heavy atom. The number of piperidine rings is 1. The van der Waals surface area contributed by atoms with Crippen molar-refractivity contribution < 1.29 is 14.3 Å². The minimum Gasteiger partial charge on any atom is -0.493 e. The van der Waals surface area contributed by atoms with Crippen LogP contribution in [-0.4, -0.2) is 60.6 Å². The summed E-state index contributed by atoms with van der Waals surface area (Å²) in [5.41, 5.74) is 1.04. The lowest BCUT2D eigenvalue weighted by Gasteiger charge is -2.36. The van der Waals surface area contributed by atoms with Crippen LogP contribution in [0.1, 0.15) is 25.5 Å². The van der Waals surface area contributed by atoms with E-state index in [1.807, 2.05) is 47.4 Å². The molecule has 2 saturated heterocycles. The smallest absolute Gasteiger partial charge is 0.219 e. The molecule has 1 aromatic heterocycles. The van der Waals surface area contributed by atoms with Crippen LogP contribution in [0, 0.1) is 17.8 Å². The number of aromatic nitrogens is 1. The zero-order valence-electron chi connectivity index (χ0n) is 18.6. The van der Waals surface area contributed by atoms with Gasteiger partial charge in [0.1, 0.15) is 5.75 Å². The van der Waals surface area contributed by atoms with E-state index in [1.165, 1.54) is 0 Å². The minimum absolute atomic E-state index is 0.194. The molecule has 0 aliphatic carbocycles. The van der Waals surface area contributed by atoms with E-state index in [0.29, 0.717) is 23.6 Å². The minimum atomic E-state index is 0.194. The third kappa shape index (κ3) is 5.56. The molecule has 1 aromatic carbocycles. The molecule has 6 heteroatoms. The van der Waals surface area contributed by atoms with Gasteiger partial charge in [-0.3, -0.25) is 9.69 Å². The summed E-state index contributed by atoms with van der Waals surface area (Å²) in [6.07, 6.45) is 2.16. The molecule has 0 saturated carbocycles. The average molecular weight is 424 g/mol. The van der Waals surface area contributed by atoms with Gasteiger partial charge >= 0.3 is 0 Å². The number of para-hydroxylation sites is 1. The maximum atomic E-state index is 11.7. The number of methoxy groups -OCH3 is 1. The second-order valence-electron chi connectivity index (χ2n) is 8.76. The van der Waals surface area contributed by atoms with Gasteiger partial charge in [0.15, 0.2) is 0 Å². The molecule has 2 aliphatic heterocycles. The Labute approximate surface area is 185 Å². The lowest BCUT2D eigenvalue weighted by Crippen LogP contribution is -2.40. The van der Waals surface area contributed by atoms with Crippen LogP contribution in [0.25, 0.3) is 0 Å². The zero-order valence-corrected chi connectivity index (χ0v) is 18.6. The fraction of sp³-hybridized carbons (Fsp3) is 0.520. The molecule has 2 unspecified atom stereocenters. The van der Waals surface area contributed by atoms with Crippen molar-refractivity contribution in [3.05, 3.63) is 54.2 Å². The monoisotopic (exact) mass is 423 g/mol. The largest absolute Gasteiger partial charge is 0.493 e. The van der Waals surface area contributed by atoms with Crippen LogP contribution in [0.3, 0.4) is 0 Å². The zero-order chi connectivity index (χ0) is 21.6. The van der Waals surface area contributed by atoms with Crippen LogP contribution >= 0.6 is 0 Å². The number of hydrogen-bond acceptors (Lipinski definition) is 5. The number of rotatable bonds is 7. The highest BCUT2D eigenvalue weighted by Gasteiger charge is 2.39. The van der Waals surface area contributed by atoms with Crippen LogP contribution in [-0.2, 0) is 11.3 Å². The SMILES string of the molecule is COc1cccc(CN2CC(COc3ccccc3)C(C3CCN(C(C)=O)CC3)C2)n1. The number of hydrogen-bond donors (Lipinski definition) is 0. The van der Waals surface area contributed by atoms with Crippen LogP contribution in [0.15, 0.2) is 48.5 Å². The van der Waals surface area contributed by atoms with E-state index in [1.54, 1.807) is 14.0 Å². The first-order chi connectivity index (χ1) is 15.1. The molecule has 2 fully saturated rings. The molecule has 3 heterocycles. The summed E-state index contributed by atoms with van der Waals surface area (Å²) in [5, 5.41) is 0. The van der Waals surface area contributed by atoms with Crippen molar-refractivity contribution in [3.8, 4) is 11.6 Å². The Bertz CT molecular complexity index is 852. The Kier molecular flexibility index (Phi) is 7.07. The van der Waals surface area contributed by atoms with Gasteiger partial charge in [0.25, 0.3) is 0 Å². The summed E-state index contributed by atoms with van der Waals surface area (Å²) in [6, 6.07) is 16.0. The summed E-state index contributed by atoms with van der Waals surface area (Å²) in [5.74, 6) is 3.46. The Hall–Kier alpha value is -2.60. The van der Waals surface area contributed by atoms with Crippen molar-refractivity contribution in [1.29, 1.82) is 0 Å². The normalized spacial score (nSPS) is 22.5. The van der Waals surface area contributed by atoms with Gasteiger partial charge in [-0.15, -0.1) is 0 Å². The summed E-state index contributed by atoms with van der Waals surface area (Å²) in [4.78, 5) is 20.8. The summed E-state index contributed by atoms with van der Waals surface area (Å²) < 4.78 is 11.5. The summed E-state index contributed by atoms with van der Waals surface area (Å²) in [6.45, 7) is 7.02. The van der Waals surface area contributed by atoms with Gasteiger partial charge in [0.2, 0.25) is 11.8 Å².